The minimum Gasteiger partial charge on any atom is -0.412 e. The van der Waals surface area contributed by atoms with Crippen LogP contribution in [0.1, 0.15) is 0 Å². The van der Waals surface area contributed by atoms with Gasteiger partial charge in [-0.25, -0.2) is 0 Å². The summed E-state index contributed by atoms with van der Waals surface area (Å²) in [5, 5.41) is 0. The zero-order valence-electron chi connectivity index (χ0n) is 4.89. The molecule has 0 aliphatic heterocycles. The van der Waals surface area contributed by atoms with E-state index in [1.54, 1.807) is 0 Å². The zero-order valence-corrected chi connectivity index (χ0v) is 10.9. The standard InChI is InChI=1S/2Nb.7H2O.Ti/h;;7*1H2;. The predicted molar refractivity (Wildman–Crippen MR) is 25.3 cm³/mol. The minimum atomic E-state index is 0. The van der Waals surface area contributed by atoms with E-state index in [0.29, 0.717) is 0 Å². The van der Waals surface area contributed by atoms with E-state index in [2.05, 4.69) is 0 Å². The van der Waals surface area contributed by atoms with E-state index in [1.165, 1.54) is 0 Å². The summed E-state index contributed by atoms with van der Waals surface area (Å²) in [6.07, 6.45) is 0. The normalized spacial score (nSPS) is 0. The first-order valence-corrected chi connectivity index (χ1v) is 0. The first-order valence-electron chi connectivity index (χ1n) is 0. The van der Waals surface area contributed by atoms with Crippen LogP contribution in [-0.4, -0.2) is 38.3 Å². The third kappa shape index (κ3) is 215. The van der Waals surface area contributed by atoms with Crippen molar-refractivity contribution in [2.24, 2.45) is 0 Å². The van der Waals surface area contributed by atoms with E-state index in [9.17, 15) is 0 Å². The fourth-order valence-corrected chi connectivity index (χ4v) is 0. The largest absolute Gasteiger partial charge is 0.412 e. The number of hydrogen-bond acceptors (Lipinski definition) is 0. The predicted octanol–water partition coefficient (Wildman–Crippen LogP) is -5.78. The average molecular weight is 360 g/mol. The third-order valence-corrected chi connectivity index (χ3v) is 0. The van der Waals surface area contributed by atoms with Crippen molar-refractivity contribution in [2.45, 2.75) is 0 Å². The molecule has 10 heteroatoms. The second kappa shape index (κ2) is 293. The molecule has 0 amide bonds. The Morgan fingerprint density at radius 2 is 0.300 bits per heavy atom. The van der Waals surface area contributed by atoms with Gasteiger partial charge >= 0.3 is 0 Å². The van der Waals surface area contributed by atoms with Crippen molar-refractivity contribution >= 4 is 0 Å². The molecule has 0 aromatic heterocycles. The molecule has 0 saturated carbocycles. The van der Waals surface area contributed by atoms with Gasteiger partial charge in [-0.1, -0.05) is 0 Å². The monoisotopic (exact) mass is 360 g/mol. The van der Waals surface area contributed by atoms with Crippen molar-refractivity contribution in [3.05, 3.63) is 0 Å². The first kappa shape index (κ1) is 387. The maximum Gasteiger partial charge on any atom is 0 e. The van der Waals surface area contributed by atoms with Crippen LogP contribution in [0.4, 0.5) is 0 Å². The second-order valence-corrected chi connectivity index (χ2v) is 0. The summed E-state index contributed by atoms with van der Waals surface area (Å²) in [5.74, 6) is 0. The van der Waals surface area contributed by atoms with Crippen molar-refractivity contribution in [3.8, 4) is 0 Å². The molecular formula is H14Nb2O7Ti. The second-order valence-electron chi connectivity index (χ2n) is 0. The van der Waals surface area contributed by atoms with Crippen molar-refractivity contribution in [1.82, 2.24) is 0 Å². The maximum atomic E-state index is 0. The summed E-state index contributed by atoms with van der Waals surface area (Å²) in [7, 11) is 0. The summed E-state index contributed by atoms with van der Waals surface area (Å²) in [6.45, 7) is 0. The van der Waals surface area contributed by atoms with Crippen LogP contribution in [0.15, 0.2) is 0 Å². The Bertz CT molecular complexity index is 11.6. The van der Waals surface area contributed by atoms with Gasteiger partial charge in [0.05, 0.1) is 0 Å². The van der Waals surface area contributed by atoms with Gasteiger partial charge in [-0.2, -0.15) is 0 Å². The summed E-state index contributed by atoms with van der Waals surface area (Å²) >= 11 is 0. The summed E-state index contributed by atoms with van der Waals surface area (Å²) in [4.78, 5) is 0. The van der Waals surface area contributed by atoms with Crippen LogP contribution in [-0.2, 0) is 66.5 Å². The Morgan fingerprint density at radius 1 is 0.300 bits per heavy atom. The molecule has 0 rings (SSSR count). The maximum absolute atomic E-state index is 0. The van der Waals surface area contributed by atoms with E-state index >= 15 is 0 Å². The molecule has 10 heavy (non-hydrogen) atoms. The fourth-order valence-electron chi connectivity index (χ4n) is 0. The Hall–Kier alpha value is 1.91. The van der Waals surface area contributed by atoms with Crippen molar-refractivity contribution in [2.75, 3.05) is 0 Å². The van der Waals surface area contributed by atoms with Crippen LogP contribution in [0, 0.1) is 0 Å². The van der Waals surface area contributed by atoms with Gasteiger partial charge in [0.25, 0.3) is 0 Å². The Labute approximate surface area is 104 Å². The van der Waals surface area contributed by atoms with Crippen LogP contribution in [0.25, 0.3) is 0 Å². The summed E-state index contributed by atoms with van der Waals surface area (Å²) in [6, 6.07) is 0. The Morgan fingerprint density at radius 3 is 0.300 bits per heavy atom. The number of hydrogen-bond donors (Lipinski definition) is 0. The van der Waals surface area contributed by atoms with E-state index in [-0.39, 0.29) is 105 Å². The van der Waals surface area contributed by atoms with Crippen LogP contribution in [0.5, 0.6) is 0 Å². The molecule has 0 aromatic rings. The van der Waals surface area contributed by atoms with Gasteiger partial charge in [0.1, 0.15) is 0 Å². The van der Waals surface area contributed by atoms with Gasteiger partial charge in [0.15, 0.2) is 0 Å². The molecule has 14 N–H and O–H groups in total. The topological polar surface area (TPSA) is 220 Å². The Balaban J connectivity index is 0. The quantitative estimate of drug-likeness (QED) is 0.368. The van der Waals surface area contributed by atoms with Gasteiger partial charge in [-0.05, 0) is 0 Å². The van der Waals surface area contributed by atoms with Crippen molar-refractivity contribution in [1.29, 1.82) is 0 Å². The molecule has 0 aliphatic carbocycles. The van der Waals surface area contributed by atoms with Crippen LogP contribution in [0.2, 0.25) is 0 Å². The number of rotatable bonds is 0. The SMILES string of the molecule is O.O.O.O.O.O.O.[Nb].[Nb].[Ti]. The summed E-state index contributed by atoms with van der Waals surface area (Å²) in [5.41, 5.74) is 0. The van der Waals surface area contributed by atoms with Crippen LogP contribution >= 0.6 is 0 Å². The van der Waals surface area contributed by atoms with Gasteiger partial charge < -0.3 is 38.3 Å². The third-order valence-electron chi connectivity index (χ3n) is 0. The van der Waals surface area contributed by atoms with Crippen molar-refractivity contribution < 1.29 is 105 Å². The molecule has 0 unspecified atom stereocenters. The van der Waals surface area contributed by atoms with Crippen molar-refractivity contribution in [3.63, 3.8) is 0 Å². The van der Waals surface area contributed by atoms with Gasteiger partial charge in [-0.3, -0.25) is 0 Å². The first-order chi connectivity index (χ1) is 0. The fraction of sp³-hybridized carbons (Fsp3) is 0. The van der Waals surface area contributed by atoms with E-state index < -0.39 is 0 Å². The molecular weight excluding hydrogens is 346 g/mol. The molecule has 70 valence electrons. The molecule has 0 saturated heterocycles. The van der Waals surface area contributed by atoms with E-state index in [0.717, 1.165) is 0 Å². The zero-order chi connectivity index (χ0) is 0. The van der Waals surface area contributed by atoms with Gasteiger partial charge in [0.2, 0.25) is 0 Å². The average Bonchev–Trinajstić information content (AvgIpc) is 0. The van der Waals surface area contributed by atoms with E-state index in [1.807, 2.05) is 0 Å². The van der Waals surface area contributed by atoms with Gasteiger partial charge in [-0.15, -0.1) is 0 Å². The molecule has 0 aromatic carbocycles. The summed E-state index contributed by atoms with van der Waals surface area (Å²) < 4.78 is 0. The Kier molecular flexibility index (Phi) is 11300. The molecule has 0 fully saturated rings. The molecule has 2 radical (unpaired) electrons. The van der Waals surface area contributed by atoms with Crippen LogP contribution < -0.4 is 0 Å². The van der Waals surface area contributed by atoms with Gasteiger partial charge in [0, 0.05) is 66.5 Å². The van der Waals surface area contributed by atoms with Crippen LogP contribution in [0.3, 0.4) is 0 Å². The molecule has 0 atom stereocenters. The molecule has 0 bridgehead atoms. The molecule has 0 spiro atoms. The molecule has 0 heterocycles. The van der Waals surface area contributed by atoms with E-state index in [4.69, 9.17) is 0 Å². The minimum absolute atomic E-state index is 0. The molecule has 0 aliphatic rings. The molecule has 7 nitrogen and oxygen atoms in total. The smallest absolute Gasteiger partial charge is 0 e.